The maximum atomic E-state index is 13.8. The Kier molecular flexibility index (Phi) is 3.21. The van der Waals surface area contributed by atoms with Crippen LogP contribution in [0.4, 0.5) is 8.78 Å². The van der Waals surface area contributed by atoms with Gasteiger partial charge in [-0.1, -0.05) is 6.07 Å². The molecule has 20 heavy (non-hydrogen) atoms. The predicted molar refractivity (Wildman–Crippen MR) is 62.8 cm³/mol. The number of Topliss-reactive ketones (excluding diaryl/α,β-unsaturated/α-hetero) is 1. The summed E-state index contributed by atoms with van der Waals surface area (Å²) in [5.41, 5.74) is 2.85. The van der Waals surface area contributed by atoms with Gasteiger partial charge in [0.2, 0.25) is 17.2 Å². The highest BCUT2D eigenvalue weighted by Gasteiger charge is 2.51. The molecule has 0 radical (unpaired) electrons. The molecule has 1 atom stereocenters. The molecule has 106 valence electrons. The zero-order valence-corrected chi connectivity index (χ0v) is 10.7. The minimum absolute atomic E-state index is 0.490. The topological polar surface area (TPSA) is 78.6 Å². The molecule has 0 fully saturated rings. The SMILES string of the molecule is CC(=O)OC1=C(N)OC(C)(c2c(F)cccc2F)C1=O. The maximum absolute atomic E-state index is 13.8. The minimum atomic E-state index is -2.01. The lowest BCUT2D eigenvalue weighted by Crippen LogP contribution is -2.34. The van der Waals surface area contributed by atoms with Gasteiger partial charge in [0.1, 0.15) is 11.6 Å². The number of ketones is 1. The second kappa shape index (κ2) is 4.59. The molecule has 1 aliphatic rings. The first-order valence-corrected chi connectivity index (χ1v) is 5.64. The third-order valence-electron chi connectivity index (χ3n) is 2.86. The van der Waals surface area contributed by atoms with Crippen LogP contribution in [-0.2, 0) is 24.7 Å². The number of hydrogen-bond acceptors (Lipinski definition) is 5. The molecule has 1 aromatic carbocycles. The van der Waals surface area contributed by atoms with Crippen LogP contribution in [0.1, 0.15) is 19.4 Å². The van der Waals surface area contributed by atoms with E-state index >= 15 is 0 Å². The van der Waals surface area contributed by atoms with Crippen LogP contribution >= 0.6 is 0 Å². The maximum Gasteiger partial charge on any atom is 0.308 e. The molecule has 0 saturated heterocycles. The van der Waals surface area contributed by atoms with Gasteiger partial charge in [0.05, 0.1) is 5.56 Å². The number of nitrogens with two attached hydrogens (primary N) is 1. The van der Waals surface area contributed by atoms with Crippen molar-refractivity contribution in [1.82, 2.24) is 0 Å². The van der Waals surface area contributed by atoms with Crippen molar-refractivity contribution < 1.29 is 27.8 Å². The summed E-state index contributed by atoms with van der Waals surface area (Å²) in [5, 5.41) is 0. The molecule has 1 unspecified atom stereocenters. The fourth-order valence-electron chi connectivity index (χ4n) is 2.00. The van der Waals surface area contributed by atoms with E-state index in [0.29, 0.717) is 0 Å². The van der Waals surface area contributed by atoms with Crippen LogP contribution in [-0.4, -0.2) is 11.8 Å². The summed E-state index contributed by atoms with van der Waals surface area (Å²) in [7, 11) is 0. The van der Waals surface area contributed by atoms with Crippen LogP contribution < -0.4 is 5.73 Å². The molecule has 7 heteroatoms. The zero-order valence-electron chi connectivity index (χ0n) is 10.7. The predicted octanol–water partition coefficient (Wildman–Crippen LogP) is 1.47. The van der Waals surface area contributed by atoms with Crippen LogP contribution in [0.25, 0.3) is 0 Å². The Hall–Kier alpha value is -2.44. The van der Waals surface area contributed by atoms with Gasteiger partial charge < -0.3 is 15.2 Å². The van der Waals surface area contributed by atoms with Gasteiger partial charge in [0.25, 0.3) is 5.78 Å². The number of rotatable bonds is 2. The van der Waals surface area contributed by atoms with Gasteiger partial charge in [0, 0.05) is 6.92 Å². The quantitative estimate of drug-likeness (QED) is 0.831. The van der Waals surface area contributed by atoms with Gasteiger partial charge >= 0.3 is 5.97 Å². The van der Waals surface area contributed by atoms with Crippen molar-refractivity contribution >= 4 is 11.8 Å². The Balaban J connectivity index is 2.50. The van der Waals surface area contributed by atoms with E-state index in [1.165, 1.54) is 0 Å². The fourth-order valence-corrected chi connectivity index (χ4v) is 2.00. The first-order chi connectivity index (χ1) is 9.27. The summed E-state index contributed by atoms with van der Waals surface area (Å²) < 4.78 is 37.3. The zero-order chi connectivity index (χ0) is 15.1. The van der Waals surface area contributed by atoms with Crippen molar-refractivity contribution in [2.45, 2.75) is 19.4 Å². The molecule has 0 bridgehead atoms. The molecule has 5 nitrogen and oxygen atoms in total. The third-order valence-corrected chi connectivity index (χ3v) is 2.86. The molecule has 1 aliphatic heterocycles. The van der Waals surface area contributed by atoms with E-state index < -0.39 is 46.2 Å². The Morgan fingerprint density at radius 1 is 1.35 bits per heavy atom. The molecule has 0 saturated carbocycles. The number of hydrogen-bond donors (Lipinski definition) is 1. The van der Waals surface area contributed by atoms with Crippen molar-refractivity contribution in [3.05, 3.63) is 47.0 Å². The van der Waals surface area contributed by atoms with Crippen LogP contribution in [0.5, 0.6) is 0 Å². The lowest BCUT2D eigenvalue weighted by atomic mass is 9.90. The van der Waals surface area contributed by atoms with Crippen LogP contribution in [0, 0.1) is 11.6 Å². The summed E-state index contributed by atoms with van der Waals surface area (Å²) in [6.07, 6.45) is 0. The molecule has 0 aromatic heterocycles. The Morgan fingerprint density at radius 2 is 1.90 bits per heavy atom. The van der Waals surface area contributed by atoms with Crippen molar-refractivity contribution in [2.75, 3.05) is 0 Å². The average Bonchev–Trinajstić information content (AvgIpc) is 2.53. The summed E-state index contributed by atoms with van der Waals surface area (Å²) >= 11 is 0. The van der Waals surface area contributed by atoms with Crippen LogP contribution in [0.2, 0.25) is 0 Å². The van der Waals surface area contributed by atoms with Gasteiger partial charge in [-0.2, -0.15) is 0 Å². The van der Waals surface area contributed by atoms with E-state index in [1.807, 2.05) is 0 Å². The van der Waals surface area contributed by atoms with Crippen molar-refractivity contribution in [3.8, 4) is 0 Å². The minimum Gasteiger partial charge on any atom is -0.457 e. The number of carbonyl (C=O) groups excluding carboxylic acids is 2. The lowest BCUT2D eigenvalue weighted by Gasteiger charge is -2.23. The Morgan fingerprint density at radius 3 is 2.40 bits per heavy atom. The average molecular weight is 283 g/mol. The van der Waals surface area contributed by atoms with Crippen molar-refractivity contribution in [2.24, 2.45) is 5.73 Å². The number of carbonyl (C=O) groups is 2. The first kappa shape index (κ1) is 14.0. The highest BCUT2D eigenvalue weighted by Crippen LogP contribution is 2.39. The smallest absolute Gasteiger partial charge is 0.308 e. The summed E-state index contributed by atoms with van der Waals surface area (Å²) in [6.45, 7) is 2.22. The number of esters is 1. The standard InChI is InChI=1S/C13H11F2NO4/c1-6(17)19-10-11(18)13(2,20-12(10)16)9-7(14)4-3-5-8(9)15/h3-5H,16H2,1-2H3. The molecule has 0 spiro atoms. The summed E-state index contributed by atoms with van der Waals surface area (Å²) in [5.74, 6) is -4.68. The van der Waals surface area contributed by atoms with E-state index in [1.54, 1.807) is 0 Å². The number of halogens is 2. The van der Waals surface area contributed by atoms with E-state index in [4.69, 9.17) is 10.5 Å². The highest BCUT2D eigenvalue weighted by molar-refractivity contribution is 6.04. The van der Waals surface area contributed by atoms with E-state index in [9.17, 15) is 18.4 Å². The fraction of sp³-hybridized carbons (Fsp3) is 0.231. The Bertz CT molecular complexity index is 621. The van der Waals surface area contributed by atoms with E-state index in [2.05, 4.69) is 4.74 Å². The molecule has 0 aliphatic carbocycles. The summed E-state index contributed by atoms with van der Waals surface area (Å²) in [6, 6.07) is 3.13. The molecule has 2 N–H and O–H groups in total. The second-order valence-corrected chi connectivity index (χ2v) is 4.35. The van der Waals surface area contributed by atoms with E-state index in [0.717, 1.165) is 32.0 Å². The van der Waals surface area contributed by atoms with Gasteiger partial charge in [-0.3, -0.25) is 9.59 Å². The van der Waals surface area contributed by atoms with Gasteiger partial charge in [0.15, 0.2) is 0 Å². The molecule has 1 heterocycles. The summed E-state index contributed by atoms with van der Waals surface area (Å²) in [4.78, 5) is 23.1. The first-order valence-electron chi connectivity index (χ1n) is 5.64. The van der Waals surface area contributed by atoms with E-state index in [-0.39, 0.29) is 0 Å². The molecular weight excluding hydrogens is 272 g/mol. The third kappa shape index (κ3) is 2.01. The van der Waals surface area contributed by atoms with Gasteiger partial charge in [-0.25, -0.2) is 8.78 Å². The van der Waals surface area contributed by atoms with Crippen molar-refractivity contribution in [1.29, 1.82) is 0 Å². The normalized spacial score (nSPS) is 21.9. The Labute approximate surface area is 113 Å². The van der Waals surface area contributed by atoms with Crippen LogP contribution in [0.3, 0.4) is 0 Å². The molecule has 2 rings (SSSR count). The molecular formula is C13H11F2NO4. The monoisotopic (exact) mass is 283 g/mol. The van der Waals surface area contributed by atoms with Crippen molar-refractivity contribution in [3.63, 3.8) is 0 Å². The molecule has 1 aromatic rings. The lowest BCUT2D eigenvalue weighted by molar-refractivity contribution is -0.142. The van der Waals surface area contributed by atoms with Crippen LogP contribution in [0.15, 0.2) is 29.8 Å². The number of ether oxygens (including phenoxy) is 2. The molecule has 0 amide bonds. The second-order valence-electron chi connectivity index (χ2n) is 4.35. The number of benzene rings is 1. The van der Waals surface area contributed by atoms with Gasteiger partial charge in [-0.15, -0.1) is 0 Å². The largest absolute Gasteiger partial charge is 0.457 e. The van der Waals surface area contributed by atoms with Gasteiger partial charge in [-0.05, 0) is 19.1 Å². The highest BCUT2D eigenvalue weighted by atomic mass is 19.1.